The molecular formula is C28H19BrFN3O6S. The molecule has 1 aromatic heterocycles. The van der Waals surface area contributed by atoms with Gasteiger partial charge in [-0.15, -0.1) is 0 Å². The number of thiazole rings is 1. The normalized spacial score (nSPS) is 15.0. The van der Waals surface area contributed by atoms with E-state index in [0.29, 0.717) is 16.8 Å². The zero-order chi connectivity index (χ0) is 28.6. The van der Waals surface area contributed by atoms with Crippen molar-refractivity contribution in [3.8, 4) is 5.75 Å². The number of carbonyl (C=O) groups excluding carboxylic acids is 1. The van der Waals surface area contributed by atoms with Gasteiger partial charge in [-0.2, -0.15) is 0 Å². The number of nitro benzene ring substituents is 1. The van der Waals surface area contributed by atoms with E-state index in [4.69, 9.17) is 4.74 Å². The Labute approximate surface area is 238 Å². The van der Waals surface area contributed by atoms with E-state index in [2.05, 4.69) is 20.9 Å². The van der Waals surface area contributed by atoms with Crippen LogP contribution in [0.4, 0.5) is 10.1 Å². The van der Waals surface area contributed by atoms with Crippen molar-refractivity contribution >= 4 is 50.7 Å². The minimum atomic E-state index is -1.02. The molecule has 0 fully saturated rings. The van der Waals surface area contributed by atoms with Crippen LogP contribution in [0.2, 0.25) is 0 Å². The van der Waals surface area contributed by atoms with Crippen LogP contribution in [0.3, 0.4) is 0 Å². The first-order valence-corrected chi connectivity index (χ1v) is 13.5. The lowest BCUT2D eigenvalue weighted by atomic mass is 9.93. The molecule has 40 heavy (non-hydrogen) atoms. The second kappa shape index (κ2) is 11.0. The molecule has 5 rings (SSSR count). The van der Waals surface area contributed by atoms with Crippen LogP contribution in [0.15, 0.2) is 86.6 Å². The maximum Gasteiger partial charge on any atom is 0.338 e. The highest BCUT2D eigenvalue weighted by Gasteiger charge is 2.35. The van der Waals surface area contributed by atoms with Crippen LogP contribution in [0.5, 0.6) is 5.75 Å². The van der Waals surface area contributed by atoms with Crippen molar-refractivity contribution in [3.63, 3.8) is 0 Å². The van der Waals surface area contributed by atoms with Crippen LogP contribution in [-0.4, -0.2) is 27.2 Å². The van der Waals surface area contributed by atoms with E-state index in [1.165, 1.54) is 34.9 Å². The molecule has 0 saturated carbocycles. The predicted octanol–water partition coefficient (Wildman–Crippen LogP) is 4.45. The molecule has 4 aromatic rings. The first-order valence-electron chi connectivity index (χ1n) is 11.9. The Morgan fingerprint density at radius 1 is 1.23 bits per heavy atom. The smallest absolute Gasteiger partial charge is 0.338 e. The molecule has 1 atom stereocenters. The standard InChI is InChI=1S/C28H19BrFN3O6S/c1-2-39-27(36)22-23(15-6-4-3-5-7-15)31-28-32(24(22)16-8-10-18(30)11-9-16)26(35)21(40-28)13-17-12-19(33(37)38)14-20(29)25(17)34/h3-14,24,34H,2H2,1H3/b21-13-/t24-/m0/s1. The summed E-state index contributed by atoms with van der Waals surface area (Å²) in [6.07, 6.45) is 1.33. The highest BCUT2D eigenvalue weighted by molar-refractivity contribution is 9.10. The molecule has 0 unspecified atom stereocenters. The zero-order valence-electron chi connectivity index (χ0n) is 20.7. The van der Waals surface area contributed by atoms with E-state index < -0.39 is 28.3 Å². The summed E-state index contributed by atoms with van der Waals surface area (Å²) >= 11 is 4.10. The number of benzene rings is 3. The largest absolute Gasteiger partial charge is 0.506 e. The molecular weight excluding hydrogens is 605 g/mol. The van der Waals surface area contributed by atoms with Crippen molar-refractivity contribution in [2.75, 3.05) is 6.61 Å². The summed E-state index contributed by atoms with van der Waals surface area (Å²) in [5.74, 6) is -1.47. The quantitative estimate of drug-likeness (QED) is 0.192. The van der Waals surface area contributed by atoms with Crippen molar-refractivity contribution in [2.24, 2.45) is 4.99 Å². The summed E-state index contributed by atoms with van der Waals surface area (Å²) in [6, 6.07) is 15.6. The number of nitrogens with zero attached hydrogens (tertiary/aromatic N) is 3. The summed E-state index contributed by atoms with van der Waals surface area (Å²) in [5, 5.41) is 21.9. The third-order valence-electron chi connectivity index (χ3n) is 6.13. The Kier molecular flexibility index (Phi) is 7.46. The van der Waals surface area contributed by atoms with Gasteiger partial charge in [0.25, 0.3) is 11.2 Å². The van der Waals surface area contributed by atoms with Crippen molar-refractivity contribution < 1.29 is 24.0 Å². The van der Waals surface area contributed by atoms with Gasteiger partial charge in [0.1, 0.15) is 11.6 Å². The number of phenols is 1. The average molecular weight is 624 g/mol. The summed E-state index contributed by atoms with van der Waals surface area (Å²) in [5.41, 5.74) is 0.633. The fourth-order valence-corrected chi connectivity index (χ4v) is 5.82. The summed E-state index contributed by atoms with van der Waals surface area (Å²) in [4.78, 5) is 42.9. The van der Waals surface area contributed by atoms with Gasteiger partial charge < -0.3 is 9.84 Å². The van der Waals surface area contributed by atoms with Gasteiger partial charge in [-0.25, -0.2) is 14.2 Å². The topological polar surface area (TPSA) is 124 Å². The number of hydrogen-bond donors (Lipinski definition) is 1. The number of fused-ring (bicyclic) bond motifs is 1. The molecule has 1 aliphatic rings. The molecule has 3 aromatic carbocycles. The molecule has 1 aliphatic heterocycles. The van der Waals surface area contributed by atoms with Gasteiger partial charge in [0, 0.05) is 23.3 Å². The number of hydrogen-bond acceptors (Lipinski definition) is 8. The zero-order valence-corrected chi connectivity index (χ0v) is 23.1. The molecule has 0 radical (unpaired) electrons. The van der Waals surface area contributed by atoms with Crippen LogP contribution in [-0.2, 0) is 9.53 Å². The fourth-order valence-electron chi connectivity index (χ4n) is 4.36. The lowest BCUT2D eigenvalue weighted by molar-refractivity contribution is -0.385. The van der Waals surface area contributed by atoms with E-state index in [1.807, 2.05) is 6.07 Å². The summed E-state index contributed by atoms with van der Waals surface area (Å²) in [6.45, 7) is 1.73. The number of non-ortho nitro benzene ring substituents is 1. The van der Waals surface area contributed by atoms with Gasteiger partial charge in [0.2, 0.25) is 0 Å². The maximum absolute atomic E-state index is 13.9. The third-order valence-corrected chi connectivity index (χ3v) is 7.72. The van der Waals surface area contributed by atoms with E-state index in [9.17, 15) is 29.2 Å². The van der Waals surface area contributed by atoms with E-state index >= 15 is 0 Å². The number of phenolic OH excluding ortho intramolecular Hbond substituents is 1. The van der Waals surface area contributed by atoms with E-state index in [-0.39, 0.29) is 43.0 Å². The van der Waals surface area contributed by atoms with Crippen molar-refractivity contribution in [2.45, 2.75) is 13.0 Å². The monoisotopic (exact) mass is 623 g/mol. The summed E-state index contributed by atoms with van der Waals surface area (Å²) < 4.78 is 20.8. The van der Waals surface area contributed by atoms with Gasteiger partial charge in [-0.1, -0.05) is 53.8 Å². The molecule has 1 N–H and O–H groups in total. The number of aromatic nitrogens is 1. The minimum Gasteiger partial charge on any atom is -0.506 e. The van der Waals surface area contributed by atoms with Gasteiger partial charge in [0.15, 0.2) is 4.80 Å². The lowest BCUT2D eigenvalue weighted by Gasteiger charge is -2.25. The summed E-state index contributed by atoms with van der Waals surface area (Å²) in [7, 11) is 0. The first kappa shape index (κ1) is 27.2. The number of rotatable bonds is 6. The number of carbonyl (C=O) groups is 1. The van der Waals surface area contributed by atoms with Crippen LogP contribution >= 0.6 is 27.3 Å². The molecule has 0 aliphatic carbocycles. The minimum absolute atomic E-state index is 0.0394. The number of halogens is 2. The van der Waals surface area contributed by atoms with E-state index in [1.54, 1.807) is 31.2 Å². The Balaban J connectivity index is 1.84. The fraction of sp³-hybridized carbons (Fsp3) is 0.107. The first-order chi connectivity index (χ1) is 19.2. The van der Waals surface area contributed by atoms with Crippen LogP contribution < -0.4 is 14.9 Å². The molecule has 0 spiro atoms. The molecule has 0 amide bonds. The van der Waals surface area contributed by atoms with Crippen molar-refractivity contribution in [1.29, 1.82) is 0 Å². The molecule has 202 valence electrons. The van der Waals surface area contributed by atoms with Gasteiger partial charge in [-0.3, -0.25) is 19.5 Å². The highest BCUT2D eigenvalue weighted by atomic mass is 79.9. The number of ether oxygens (including phenoxy) is 1. The second-order valence-corrected chi connectivity index (χ2v) is 10.5. The van der Waals surface area contributed by atoms with Crippen LogP contribution in [0.25, 0.3) is 11.8 Å². The second-order valence-electron chi connectivity index (χ2n) is 8.61. The molecule has 9 nitrogen and oxygen atoms in total. The number of nitro groups is 1. The lowest BCUT2D eigenvalue weighted by Crippen LogP contribution is -2.40. The van der Waals surface area contributed by atoms with Gasteiger partial charge in [-0.05, 0) is 46.6 Å². The van der Waals surface area contributed by atoms with Gasteiger partial charge >= 0.3 is 5.97 Å². The molecule has 12 heteroatoms. The third kappa shape index (κ3) is 4.98. The highest BCUT2D eigenvalue weighted by Crippen LogP contribution is 2.36. The Bertz CT molecular complexity index is 1870. The maximum atomic E-state index is 13.9. The van der Waals surface area contributed by atoms with Crippen molar-refractivity contribution in [1.82, 2.24) is 4.57 Å². The molecule has 0 bridgehead atoms. The Morgan fingerprint density at radius 3 is 2.58 bits per heavy atom. The number of esters is 1. The predicted molar refractivity (Wildman–Crippen MR) is 150 cm³/mol. The molecule has 0 saturated heterocycles. The van der Waals surface area contributed by atoms with Crippen LogP contribution in [0, 0.1) is 15.9 Å². The molecule has 2 heterocycles. The Hall–Kier alpha value is -4.42. The van der Waals surface area contributed by atoms with Gasteiger partial charge in [0.05, 0.1) is 37.8 Å². The van der Waals surface area contributed by atoms with E-state index in [0.717, 1.165) is 23.5 Å². The van der Waals surface area contributed by atoms with Crippen LogP contribution in [0.1, 0.15) is 29.7 Å². The van der Waals surface area contributed by atoms with Crippen molar-refractivity contribution in [3.05, 3.63) is 129 Å². The Morgan fingerprint density at radius 2 is 1.93 bits per heavy atom. The SMILES string of the molecule is CCOC(=O)C1=C(c2ccccc2)N=c2s/c(=C\c3cc([N+](=O)[O-])cc(Br)c3O)c(=O)n2[C@H]1c1ccc(F)cc1. The number of aromatic hydroxyl groups is 1. The average Bonchev–Trinajstić information content (AvgIpc) is 3.25.